The van der Waals surface area contributed by atoms with Crippen LogP contribution >= 0.6 is 0 Å². The highest BCUT2D eigenvalue weighted by molar-refractivity contribution is 5.46. The summed E-state index contributed by atoms with van der Waals surface area (Å²) in [6, 6.07) is 1.69. The Morgan fingerprint density at radius 1 is 1.17 bits per heavy atom. The molecule has 2 aromatic heterocycles. The molecule has 2 heterocycles. The van der Waals surface area contributed by atoms with Crippen LogP contribution in [0.15, 0.2) is 24.7 Å². The Bertz CT molecular complexity index is 370. The Balaban J connectivity index is 2.45. The third kappa shape index (κ3) is 1.16. The summed E-state index contributed by atoms with van der Waals surface area (Å²) in [5.74, 6) is 0.439. The molecule has 0 unspecified atom stereocenters. The first-order chi connectivity index (χ1) is 5.86. The van der Waals surface area contributed by atoms with E-state index < -0.39 is 6.08 Å². The predicted molar refractivity (Wildman–Crippen MR) is 39.6 cm³/mol. The smallest absolute Gasteiger partial charge is 0.287 e. The number of nitrogens with zero attached hydrogens (tertiary/aromatic N) is 3. The SMILES string of the molecule is Fc1ncc(-c2ncccn2)[nH]1. The summed E-state index contributed by atoms with van der Waals surface area (Å²) in [6.45, 7) is 0. The van der Waals surface area contributed by atoms with Crippen molar-refractivity contribution in [2.75, 3.05) is 0 Å². The van der Waals surface area contributed by atoms with Gasteiger partial charge in [0.15, 0.2) is 5.82 Å². The number of hydrogen-bond donors (Lipinski definition) is 1. The molecule has 60 valence electrons. The monoisotopic (exact) mass is 164 g/mol. The minimum Gasteiger partial charge on any atom is -0.311 e. The first kappa shape index (κ1) is 6.90. The Kier molecular flexibility index (Phi) is 1.55. The van der Waals surface area contributed by atoms with Crippen molar-refractivity contribution < 1.29 is 4.39 Å². The van der Waals surface area contributed by atoms with E-state index in [1.807, 2.05) is 0 Å². The van der Waals surface area contributed by atoms with Crippen molar-refractivity contribution >= 4 is 0 Å². The van der Waals surface area contributed by atoms with Crippen LogP contribution in [0.5, 0.6) is 0 Å². The first-order valence-corrected chi connectivity index (χ1v) is 3.34. The molecule has 0 saturated carbocycles. The fraction of sp³-hybridized carbons (Fsp3) is 0. The van der Waals surface area contributed by atoms with E-state index in [0.29, 0.717) is 11.5 Å². The van der Waals surface area contributed by atoms with Crippen molar-refractivity contribution in [1.82, 2.24) is 19.9 Å². The van der Waals surface area contributed by atoms with Gasteiger partial charge in [0.25, 0.3) is 6.08 Å². The molecule has 0 spiro atoms. The molecule has 0 aliphatic heterocycles. The van der Waals surface area contributed by atoms with Gasteiger partial charge in [-0.3, -0.25) is 0 Å². The van der Waals surface area contributed by atoms with Gasteiger partial charge in [0.1, 0.15) is 5.69 Å². The fourth-order valence-electron chi connectivity index (χ4n) is 0.849. The van der Waals surface area contributed by atoms with Gasteiger partial charge in [0.2, 0.25) is 0 Å². The van der Waals surface area contributed by atoms with E-state index in [9.17, 15) is 4.39 Å². The molecular weight excluding hydrogens is 159 g/mol. The second-order valence-electron chi connectivity index (χ2n) is 2.16. The van der Waals surface area contributed by atoms with Crippen molar-refractivity contribution in [2.24, 2.45) is 0 Å². The summed E-state index contributed by atoms with van der Waals surface area (Å²) >= 11 is 0. The van der Waals surface area contributed by atoms with Crippen LogP contribution in [0.25, 0.3) is 11.5 Å². The molecule has 0 fully saturated rings. The van der Waals surface area contributed by atoms with E-state index in [2.05, 4.69) is 19.9 Å². The number of halogens is 1. The highest BCUT2D eigenvalue weighted by atomic mass is 19.1. The number of aromatic nitrogens is 4. The molecule has 0 aromatic carbocycles. The molecular formula is C7H5FN4. The molecule has 4 nitrogen and oxygen atoms in total. The van der Waals surface area contributed by atoms with Crippen LogP contribution in [0.1, 0.15) is 0 Å². The summed E-state index contributed by atoms with van der Waals surface area (Å²) in [4.78, 5) is 13.6. The van der Waals surface area contributed by atoms with Gasteiger partial charge >= 0.3 is 0 Å². The van der Waals surface area contributed by atoms with E-state index in [4.69, 9.17) is 0 Å². The van der Waals surface area contributed by atoms with Crippen LogP contribution in [0.4, 0.5) is 4.39 Å². The maximum absolute atomic E-state index is 12.4. The van der Waals surface area contributed by atoms with Gasteiger partial charge in [0.05, 0.1) is 6.20 Å². The predicted octanol–water partition coefficient (Wildman–Crippen LogP) is 1.01. The lowest BCUT2D eigenvalue weighted by molar-refractivity contribution is 0.553. The molecule has 0 aliphatic rings. The van der Waals surface area contributed by atoms with Gasteiger partial charge in [-0.15, -0.1) is 0 Å². The third-order valence-electron chi connectivity index (χ3n) is 1.35. The largest absolute Gasteiger partial charge is 0.311 e. The third-order valence-corrected chi connectivity index (χ3v) is 1.35. The molecule has 12 heavy (non-hydrogen) atoms. The fourth-order valence-corrected chi connectivity index (χ4v) is 0.849. The summed E-state index contributed by atoms with van der Waals surface area (Å²) in [5.41, 5.74) is 0.480. The van der Waals surface area contributed by atoms with Gasteiger partial charge in [-0.25, -0.2) is 15.0 Å². The van der Waals surface area contributed by atoms with Crippen LogP contribution in [0.2, 0.25) is 0 Å². The van der Waals surface area contributed by atoms with Gasteiger partial charge < -0.3 is 4.98 Å². The number of hydrogen-bond acceptors (Lipinski definition) is 3. The minimum absolute atomic E-state index is 0.439. The molecule has 5 heteroatoms. The molecule has 0 amide bonds. The van der Waals surface area contributed by atoms with Crippen LogP contribution in [0.3, 0.4) is 0 Å². The molecule has 2 rings (SSSR count). The number of rotatable bonds is 1. The Hall–Kier alpha value is -1.78. The highest BCUT2D eigenvalue weighted by Crippen LogP contribution is 2.08. The van der Waals surface area contributed by atoms with Crippen LogP contribution < -0.4 is 0 Å². The van der Waals surface area contributed by atoms with Crippen LogP contribution in [-0.2, 0) is 0 Å². The Morgan fingerprint density at radius 2 is 1.92 bits per heavy atom. The van der Waals surface area contributed by atoms with E-state index in [1.54, 1.807) is 18.5 Å². The zero-order valence-corrected chi connectivity index (χ0v) is 6.03. The molecule has 0 saturated heterocycles. The molecule has 0 bridgehead atoms. The summed E-state index contributed by atoms with van der Waals surface area (Å²) in [6.07, 6.45) is 3.89. The minimum atomic E-state index is -0.627. The summed E-state index contributed by atoms with van der Waals surface area (Å²) < 4.78 is 12.4. The van der Waals surface area contributed by atoms with Crippen LogP contribution in [-0.4, -0.2) is 19.9 Å². The first-order valence-electron chi connectivity index (χ1n) is 3.34. The molecule has 2 aromatic rings. The van der Waals surface area contributed by atoms with E-state index in [-0.39, 0.29) is 0 Å². The van der Waals surface area contributed by atoms with Crippen molar-refractivity contribution in [3.8, 4) is 11.5 Å². The lowest BCUT2D eigenvalue weighted by Gasteiger charge is -1.91. The normalized spacial score (nSPS) is 10.1. The van der Waals surface area contributed by atoms with Gasteiger partial charge in [0, 0.05) is 12.4 Å². The second kappa shape index (κ2) is 2.69. The summed E-state index contributed by atoms with van der Waals surface area (Å²) in [5, 5.41) is 0. The van der Waals surface area contributed by atoms with Crippen molar-refractivity contribution in [3.05, 3.63) is 30.7 Å². The summed E-state index contributed by atoms with van der Waals surface area (Å²) in [7, 11) is 0. The molecule has 1 N–H and O–H groups in total. The number of nitrogens with one attached hydrogen (secondary N) is 1. The van der Waals surface area contributed by atoms with Crippen LogP contribution in [0, 0.1) is 6.08 Å². The van der Waals surface area contributed by atoms with Crippen molar-refractivity contribution in [3.63, 3.8) is 0 Å². The second-order valence-corrected chi connectivity index (χ2v) is 2.16. The van der Waals surface area contributed by atoms with E-state index in [0.717, 1.165) is 0 Å². The zero-order valence-electron chi connectivity index (χ0n) is 6.03. The number of imidazole rings is 1. The van der Waals surface area contributed by atoms with E-state index >= 15 is 0 Å². The maximum Gasteiger partial charge on any atom is 0.287 e. The highest BCUT2D eigenvalue weighted by Gasteiger charge is 2.02. The lowest BCUT2D eigenvalue weighted by Crippen LogP contribution is -1.86. The number of aromatic amines is 1. The average molecular weight is 164 g/mol. The number of H-pyrrole nitrogens is 1. The van der Waals surface area contributed by atoms with Crippen molar-refractivity contribution in [1.29, 1.82) is 0 Å². The lowest BCUT2D eigenvalue weighted by atomic mass is 10.4. The quantitative estimate of drug-likeness (QED) is 0.684. The molecule has 0 atom stereocenters. The van der Waals surface area contributed by atoms with Gasteiger partial charge in [-0.1, -0.05) is 0 Å². The average Bonchev–Trinajstić information content (AvgIpc) is 2.54. The Labute approximate surface area is 67.5 Å². The standard InChI is InChI=1S/C7H5FN4/c8-7-11-4-5(12-7)6-9-2-1-3-10-6/h1-4H,(H,11,12). The maximum atomic E-state index is 12.4. The Morgan fingerprint density at radius 3 is 2.50 bits per heavy atom. The van der Waals surface area contributed by atoms with Crippen molar-refractivity contribution in [2.45, 2.75) is 0 Å². The van der Waals surface area contributed by atoms with E-state index in [1.165, 1.54) is 6.20 Å². The zero-order chi connectivity index (χ0) is 8.39. The topological polar surface area (TPSA) is 54.5 Å². The molecule has 0 aliphatic carbocycles. The molecule has 0 radical (unpaired) electrons. The van der Waals surface area contributed by atoms with Gasteiger partial charge in [-0.2, -0.15) is 4.39 Å². The van der Waals surface area contributed by atoms with Gasteiger partial charge in [-0.05, 0) is 6.07 Å².